The van der Waals surface area contributed by atoms with E-state index in [1.807, 2.05) is 0 Å². The highest BCUT2D eigenvalue weighted by Gasteiger charge is 2.56. The van der Waals surface area contributed by atoms with Crippen molar-refractivity contribution in [2.45, 2.75) is 103 Å². The van der Waals surface area contributed by atoms with Crippen molar-refractivity contribution in [1.82, 2.24) is 0 Å². The maximum atomic E-state index is 12.3. The molecule has 2 aliphatic rings. The van der Waals surface area contributed by atoms with Crippen LogP contribution in [-0.2, 0) is 71.4 Å². The molecule has 0 aliphatic carbocycles. The Kier molecular flexibility index (Phi) is 13.0. The van der Waals surface area contributed by atoms with Crippen LogP contribution in [0.1, 0.15) is 53.2 Å². The lowest BCUT2D eigenvalue weighted by Crippen LogP contribution is -2.66. The molecule has 2 heterocycles. The number of aliphatic hydroxyl groups is 1. The first-order chi connectivity index (χ1) is 22.1. The first-order valence-electron chi connectivity index (χ1n) is 14.5. The van der Waals surface area contributed by atoms with Crippen LogP contribution < -0.4 is 0 Å². The monoisotopic (exact) mass is 670 g/mol. The molecule has 0 aromatic heterocycles. The fourth-order valence-electron chi connectivity index (χ4n) is 5.18. The van der Waals surface area contributed by atoms with Gasteiger partial charge in [-0.05, 0) is 17.7 Å². The van der Waals surface area contributed by atoms with E-state index in [2.05, 4.69) is 0 Å². The summed E-state index contributed by atoms with van der Waals surface area (Å²) in [6, 6.07) is 5.68. The minimum atomic E-state index is -1.77. The van der Waals surface area contributed by atoms with Gasteiger partial charge in [0.25, 0.3) is 0 Å². The van der Waals surface area contributed by atoms with E-state index in [1.54, 1.807) is 0 Å². The number of carbonyl (C=O) groups excluding carboxylic acids is 6. The summed E-state index contributed by atoms with van der Waals surface area (Å²) in [5, 5.41) is 21.8. The molecule has 1 aromatic carbocycles. The molecule has 17 heteroatoms. The SMILES string of the molecule is CC(=O)OC[C@H]1O[C@H](O[C@@H]2[C@H](O)[C@@H](c3cccc(O)c3)O[C@H](COC(C)=O)[C@H]2OC(C)=O)[C@@H](OC(C)=O)[C@@H](OC(C)=O)[C@@H]1OC(C)=O. The van der Waals surface area contributed by atoms with Crippen molar-refractivity contribution in [2.75, 3.05) is 13.2 Å². The Morgan fingerprint density at radius 2 is 1.11 bits per heavy atom. The quantitative estimate of drug-likeness (QED) is 0.236. The molecule has 0 unspecified atom stereocenters. The molecule has 2 N–H and O–H groups in total. The van der Waals surface area contributed by atoms with Crippen molar-refractivity contribution >= 4 is 35.8 Å². The standard InChI is InChI=1S/C30H38O17/c1-13(31)39-11-21-25(41-15(3)33)27(23(38)24(45-21)19-8-7-9-20(37)10-19)47-30-29(44-18(6)36)28(43-17(5)35)26(42-16(4)34)22(46-30)12-40-14(2)32/h7-10,21-30,37-38H,11-12H2,1-6H3/t21-,22-,23-,24-,25-,26-,27-,28+,29+,30-/m1/s1. The van der Waals surface area contributed by atoms with Crippen molar-refractivity contribution in [1.29, 1.82) is 0 Å². The first kappa shape index (κ1) is 37.1. The number of carbonyl (C=O) groups is 6. The third-order valence-electron chi connectivity index (χ3n) is 6.85. The summed E-state index contributed by atoms with van der Waals surface area (Å²) in [7, 11) is 0. The number of rotatable bonds is 11. The summed E-state index contributed by atoms with van der Waals surface area (Å²) in [6.07, 6.45) is -15.3. The van der Waals surface area contributed by atoms with Crippen LogP contribution in [0.5, 0.6) is 5.75 Å². The lowest BCUT2D eigenvalue weighted by Gasteiger charge is -2.48. The highest BCUT2D eigenvalue weighted by atomic mass is 16.7. The molecule has 47 heavy (non-hydrogen) atoms. The number of phenolic OH excluding ortho intramolecular Hbond substituents is 1. The number of hydrogen-bond acceptors (Lipinski definition) is 17. The molecule has 2 saturated heterocycles. The Morgan fingerprint density at radius 1 is 0.638 bits per heavy atom. The van der Waals surface area contributed by atoms with E-state index < -0.39 is 110 Å². The Balaban J connectivity index is 2.14. The minimum Gasteiger partial charge on any atom is -0.508 e. The lowest BCUT2D eigenvalue weighted by atomic mass is 9.90. The number of ether oxygens (including phenoxy) is 9. The summed E-state index contributed by atoms with van der Waals surface area (Å²) in [5.41, 5.74) is 0.252. The highest BCUT2D eigenvalue weighted by Crippen LogP contribution is 2.39. The van der Waals surface area contributed by atoms with Gasteiger partial charge in [-0.2, -0.15) is 0 Å². The fourth-order valence-corrected chi connectivity index (χ4v) is 5.18. The van der Waals surface area contributed by atoms with Crippen LogP contribution in [0.15, 0.2) is 24.3 Å². The molecule has 0 bridgehead atoms. The van der Waals surface area contributed by atoms with Crippen LogP contribution in [0.2, 0.25) is 0 Å². The molecule has 2 fully saturated rings. The second-order valence-corrected chi connectivity index (χ2v) is 10.7. The van der Waals surface area contributed by atoms with Crippen LogP contribution in [0.3, 0.4) is 0 Å². The number of benzene rings is 1. The van der Waals surface area contributed by atoms with Gasteiger partial charge in [0.2, 0.25) is 0 Å². The van der Waals surface area contributed by atoms with Gasteiger partial charge >= 0.3 is 35.8 Å². The smallest absolute Gasteiger partial charge is 0.303 e. The van der Waals surface area contributed by atoms with Gasteiger partial charge in [-0.1, -0.05) is 12.1 Å². The van der Waals surface area contributed by atoms with E-state index in [1.165, 1.54) is 24.3 Å². The van der Waals surface area contributed by atoms with Gasteiger partial charge in [0, 0.05) is 41.5 Å². The second-order valence-electron chi connectivity index (χ2n) is 10.7. The van der Waals surface area contributed by atoms with Crippen molar-refractivity contribution < 1.29 is 81.6 Å². The summed E-state index contributed by atoms with van der Waals surface area (Å²) in [5.74, 6) is -5.09. The Hall–Kier alpha value is -4.32. The van der Waals surface area contributed by atoms with E-state index in [0.29, 0.717) is 0 Å². The Morgan fingerprint density at radius 3 is 1.60 bits per heavy atom. The van der Waals surface area contributed by atoms with E-state index >= 15 is 0 Å². The summed E-state index contributed by atoms with van der Waals surface area (Å²) >= 11 is 0. The molecule has 0 spiro atoms. The molecule has 2 aliphatic heterocycles. The molecule has 0 saturated carbocycles. The van der Waals surface area contributed by atoms with Gasteiger partial charge in [0.15, 0.2) is 30.7 Å². The van der Waals surface area contributed by atoms with Crippen LogP contribution in [0, 0.1) is 0 Å². The van der Waals surface area contributed by atoms with Crippen LogP contribution in [0.25, 0.3) is 0 Å². The number of aromatic hydroxyl groups is 1. The molecular formula is C30H38O17. The van der Waals surface area contributed by atoms with Crippen LogP contribution >= 0.6 is 0 Å². The van der Waals surface area contributed by atoms with Gasteiger partial charge in [-0.3, -0.25) is 28.8 Å². The van der Waals surface area contributed by atoms with Crippen molar-refractivity contribution in [3.63, 3.8) is 0 Å². The van der Waals surface area contributed by atoms with Gasteiger partial charge in [-0.25, -0.2) is 0 Å². The maximum absolute atomic E-state index is 12.3. The summed E-state index contributed by atoms with van der Waals surface area (Å²) < 4.78 is 50.2. The Bertz CT molecular complexity index is 1310. The zero-order valence-corrected chi connectivity index (χ0v) is 26.5. The predicted octanol–water partition coefficient (Wildman–Crippen LogP) is 0.156. The zero-order chi connectivity index (χ0) is 35.0. The predicted molar refractivity (Wildman–Crippen MR) is 151 cm³/mol. The topological polar surface area (TPSA) is 226 Å². The van der Waals surface area contributed by atoms with Gasteiger partial charge in [0.05, 0.1) is 0 Å². The van der Waals surface area contributed by atoms with Crippen LogP contribution in [-0.4, -0.2) is 114 Å². The van der Waals surface area contributed by atoms with Crippen molar-refractivity contribution in [2.24, 2.45) is 0 Å². The molecule has 1 aromatic rings. The number of aliphatic hydroxyl groups excluding tert-OH is 1. The van der Waals surface area contributed by atoms with E-state index in [9.17, 15) is 39.0 Å². The van der Waals surface area contributed by atoms with E-state index in [4.69, 9.17) is 42.6 Å². The van der Waals surface area contributed by atoms with Gasteiger partial charge in [-0.15, -0.1) is 0 Å². The highest BCUT2D eigenvalue weighted by molar-refractivity contribution is 5.69. The largest absolute Gasteiger partial charge is 0.508 e. The molecule has 17 nitrogen and oxygen atoms in total. The molecule has 3 rings (SSSR count). The number of phenols is 1. The molecule has 10 atom stereocenters. The summed E-state index contributed by atoms with van der Waals surface area (Å²) in [4.78, 5) is 72.2. The normalized spacial score (nSPS) is 30.3. The van der Waals surface area contributed by atoms with Gasteiger partial charge in [0.1, 0.15) is 49.5 Å². The minimum absolute atomic E-state index is 0.172. The average Bonchev–Trinajstić information content (AvgIpc) is 2.95. The molecule has 0 radical (unpaired) electrons. The van der Waals surface area contributed by atoms with E-state index in [0.717, 1.165) is 41.5 Å². The van der Waals surface area contributed by atoms with Crippen molar-refractivity contribution in [3.05, 3.63) is 29.8 Å². The van der Waals surface area contributed by atoms with E-state index in [-0.39, 0.29) is 11.3 Å². The Labute approximate surface area is 269 Å². The van der Waals surface area contributed by atoms with Crippen molar-refractivity contribution in [3.8, 4) is 5.75 Å². The lowest BCUT2D eigenvalue weighted by molar-refractivity contribution is -0.345. The number of esters is 6. The first-order valence-corrected chi connectivity index (χ1v) is 14.5. The average molecular weight is 671 g/mol. The molecular weight excluding hydrogens is 632 g/mol. The second kappa shape index (κ2) is 16.5. The third-order valence-corrected chi connectivity index (χ3v) is 6.85. The van der Waals surface area contributed by atoms with Crippen LogP contribution in [0.4, 0.5) is 0 Å². The summed E-state index contributed by atoms with van der Waals surface area (Å²) in [6.45, 7) is 5.42. The maximum Gasteiger partial charge on any atom is 0.303 e. The third kappa shape index (κ3) is 10.3. The van der Waals surface area contributed by atoms with Gasteiger partial charge < -0.3 is 52.8 Å². The number of hydrogen-bond donors (Lipinski definition) is 2. The zero-order valence-electron chi connectivity index (χ0n) is 26.5. The molecule has 0 amide bonds. The molecule has 260 valence electrons. The fraction of sp³-hybridized carbons (Fsp3) is 0.600.